The van der Waals surface area contributed by atoms with Crippen molar-refractivity contribution in [2.45, 2.75) is 18.7 Å². The Labute approximate surface area is 106 Å². The monoisotopic (exact) mass is 245 g/mol. The summed E-state index contributed by atoms with van der Waals surface area (Å²) >= 11 is 0. The van der Waals surface area contributed by atoms with E-state index in [2.05, 4.69) is 0 Å². The molecular formula is C14H15NO3. The van der Waals surface area contributed by atoms with Crippen LogP contribution in [0, 0.1) is 0 Å². The van der Waals surface area contributed by atoms with Crippen molar-refractivity contribution in [1.82, 2.24) is 4.90 Å². The second-order valence-corrected chi connectivity index (χ2v) is 4.50. The lowest BCUT2D eigenvalue weighted by Gasteiger charge is -2.21. The molecule has 2 heterocycles. The lowest BCUT2D eigenvalue weighted by atomic mass is 10.2. The smallest absolute Gasteiger partial charge is 0.411 e. The predicted molar refractivity (Wildman–Crippen MR) is 66.0 cm³/mol. The average molecular weight is 245 g/mol. The summed E-state index contributed by atoms with van der Waals surface area (Å²) < 4.78 is 10.7. The molecule has 2 aliphatic rings. The van der Waals surface area contributed by atoms with E-state index in [-0.39, 0.29) is 18.2 Å². The summed E-state index contributed by atoms with van der Waals surface area (Å²) in [4.78, 5) is 13.2. The topological polar surface area (TPSA) is 38.8 Å². The number of amides is 1. The van der Waals surface area contributed by atoms with Crippen molar-refractivity contribution in [2.24, 2.45) is 0 Å². The van der Waals surface area contributed by atoms with E-state index in [9.17, 15) is 4.79 Å². The van der Waals surface area contributed by atoms with Crippen molar-refractivity contribution in [3.63, 3.8) is 0 Å². The summed E-state index contributed by atoms with van der Waals surface area (Å²) in [7, 11) is 0. The molecular weight excluding hydrogens is 230 g/mol. The van der Waals surface area contributed by atoms with E-state index >= 15 is 0 Å². The van der Waals surface area contributed by atoms with Gasteiger partial charge >= 0.3 is 6.09 Å². The van der Waals surface area contributed by atoms with Crippen LogP contribution in [0.4, 0.5) is 4.79 Å². The van der Waals surface area contributed by atoms with Crippen LogP contribution in [0.5, 0.6) is 0 Å². The van der Waals surface area contributed by atoms with Gasteiger partial charge in [0.05, 0.1) is 25.3 Å². The minimum absolute atomic E-state index is 0.00807. The molecule has 0 aliphatic carbocycles. The number of carbonyl (C=O) groups is 1. The zero-order valence-corrected chi connectivity index (χ0v) is 9.99. The number of cyclic esters (lactones) is 1. The number of rotatable bonds is 4. The molecule has 1 saturated heterocycles. The van der Waals surface area contributed by atoms with Crippen LogP contribution in [-0.2, 0) is 16.1 Å². The molecule has 0 saturated carbocycles. The first-order valence-electron chi connectivity index (χ1n) is 6.10. The molecule has 3 rings (SSSR count). The molecule has 1 amide bonds. The van der Waals surface area contributed by atoms with Crippen LogP contribution >= 0.6 is 0 Å². The molecule has 1 aromatic rings. The molecule has 2 atom stereocenters. The van der Waals surface area contributed by atoms with E-state index in [1.807, 2.05) is 42.5 Å². The Balaban J connectivity index is 1.52. The van der Waals surface area contributed by atoms with Crippen LogP contribution in [0.25, 0.3) is 0 Å². The fraction of sp³-hybridized carbons (Fsp3) is 0.357. The van der Waals surface area contributed by atoms with E-state index in [1.165, 1.54) is 0 Å². The Morgan fingerprint density at radius 1 is 1.28 bits per heavy atom. The van der Waals surface area contributed by atoms with Gasteiger partial charge in [-0.2, -0.15) is 0 Å². The average Bonchev–Trinajstić information content (AvgIpc) is 2.96. The van der Waals surface area contributed by atoms with Crippen LogP contribution < -0.4 is 0 Å². The van der Waals surface area contributed by atoms with E-state index in [0.717, 1.165) is 5.56 Å². The zero-order chi connectivity index (χ0) is 12.4. The number of carbonyl (C=O) groups excluding carboxylic acids is 1. The zero-order valence-electron chi connectivity index (χ0n) is 9.99. The van der Waals surface area contributed by atoms with Gasteiger partial charge in [-0.1, -0.05) is 42.5 Å². The van der Waals surface area contributed by atoms with Crippen LogP contribution in [0.3, 0.4) is 0 Å². The van der Waals surface area contributed by atoms with Gasteiger partial charge in [-0.15, -0.1) is 0 Å². The van der Waals surface area contributed by atoms with Crippen molar-refractivity contribution >= 4 is 6.09 Å². The molecule has 0 aromatic heterocycles. The minimum Gasteiger partial charge on any atom is -0.447 e. The molecule has 4 nitrogen and oxygen atoms in total. The van der Waals surface area contributed by atoms with Gasteiger partial charge in [0.2, 0.25) is 0 Å². The van der Waals surface area contributed by atoms with Crippen LogP contribution in [0.2, 0.25) is 0 Å². The third-order valence-corrected chi connectivity index (χ3v) is 3.26. The lowest BCUT2D eigenvalue weighted by Crippen LogP contribution is -2.38. The summed E-state index contributed by atoms with van der Waals surface area (Å²) in [6.45, 7) is 1.54. The Morgan fingerprint density at radius 3 is 2.94 bits per heavy atom. The number of benzene rings is 1. The highest BCUT2D eigenvalue weighted by molar-refractivity contribution is 5.72. The van der Waals surface area contributed by atoms with Crippen molar-refractivity contribution in [3.05, 3.63) is 48.0 Å². The van der Waals surface area contributed by atoms with Gasteiger partial charge in [0.25, 0.3) is 0 Å². The summed E-state index contributed by atoms with van der Waals surface area (Å²) in [5.74, 6) is 0. The molecule has 2 unspecified atom stereocenters. The third kappa shape index (κ3) is 2.11. The third-order valence-electron chi connectivity index (χ3n) is 3.26. The summed E-state index contributed by atoms with van der Waals surface area (Å²) in [6, 6.07) is 10.1. The highest BCUT2D eigenvalue weighted by atomic mass is 16.6. The van der Waals surface area contributed by atoms with E-state index in [4.69, 9.17) is 9.47 Å². The number of hydrogen-bond acceptors (Lipinski definition) is 3. The fourth-order valence-electron chi connectivity index (χ4n) is 2.33. The molecule has 1 fully saturated rings. The first kappa shape index (κ1) is 11.3. The highest BCUT2D eigenvalue weighted by Crippen LogP contribution is 2.24. The molecule has 18 heavy (non-hydrogen) atoms. The molecule has 4 heteroatoms. The van der Waals surface area contributed by atoms with E-state index in [1.54, 1.807) is 4.90 Å². The molecule has 1 aromatic carbocycles. The normalized spacial score (nSPS) is 25.3. The number of fused-ring (bicyclic) bond motifs is 1. The second kappa shape index (κ2) is 4.82. The van der Waals surface area contributed by atoms with E-state index in [0.29, 0.717) is 19.8 Å². The van der Waals surface area contributed by atoms with Gasteiger partial charge in [-0.3, -0.25) is 4.90 Å². The molecule has 94 valence electrons. The second-order valence-electron chi connectivity index (χ2n) is 4.50. The molecule has 2 aliphatic heterocycles. The Kier molecular flexibility index (Phi) is 3.02. The first-order valence-corrected chi connectivity index (χ1v) is 6.10. The maximum Gasteiger partial charge on any atom is 0.411 e. The Morgan fingerprint density at radius 2 is 2.11 bits per heavy atom. The first-order chi connectivity index (χ1) is 8.84. The van der Waals surface area contributed by atoms with Gasteiger partial charge in [-0.25, -0.2) is 4.79 Å². The largest absolute Gasteiger partial charge is 0.447 e. The number of ether oxygens (including phenoxy) is 2. The molecule has 0 bridgehead atoms. The van der Waals surface area contributed by atoms with Gasteiger partial charge in [0.15, 0.2) is 0 Å². The summed E-state index contributed by atoms with van der Waals surface area (Å²) in [5.41, 5.74) is 1.14. The maximum absolute atomic E-state index is 11.5. The highest BCUT2D eigenvalue weighted by Gasteiger charge is 2.39. The summed E-state index contributed by atoms with van der Waals surface area (Å²) in [6.07, 6.45) is 3.80. The fourth-order valence-corrected chi connectivity index (χ4v) is 2.33. The van der Waals surface area contributed by atoms with Crippen molar-refractivity contribution in [1.29, 1.82) is 0 Å². The molecule has 0 N–H and O–H groups in total. The number of hydrogen-bond donors (Lipinski definition) is 0. The van der Waals surface area contributed by atoms with Gasteiger partial charge in [-0.05, 0) is 5.56 Å². The predicted octanol–water partition coefficient (Wildman–Crippen LogP) is 1.96. The Bertz CT molecular complexity index is 457. The van der Waals surface area contributed by atoms with E-state index < -0.39 is 0 Å². The van der Waals surface area contributed by atoms with Gasteiger partial charge < -0.3 is 9.47 Å². The van der Waals surface area contributed by atoms with Crippen molar-refractivity contribution < 1.29 is 14.3 Å². The van der Waals surface area contributed by atoms with Crippen LogP contribution in [0.1, 0.15) is 5.56 Å². The Hall–Kier alpha value is -1.81. The van der Waals surface area contributed by atoms with Gasteiger partial charge in [0.1, 0.15) is 6.61 Å². The summed E-state index contributed by atoms with van der Waals surface area (Å²) in [5, 5.41) is 0. The SMILES string of the molecule is O=C1OCC2C=CC(COCc3ccccc3)N12. The minimum atomic E-state index is -0.238. The molecule has 0 radical (unpaired) electrons. The van der Waals surface area contributed by atoms with Crippen LogP contribution in [-0.4, -0.2) is 36.3 Å². The lowest BCUT2D eigenvalue weighted by molar-refractivity contribution is 0.0790. The van der Waals surface area contributed by atoms with Crippen molar-refractivity contribution in [3.8, 4) is 0 Å². The van der Waals surface area contributed by atoms with Gasteiger partial charge in [0, 0.05) is 0 Å². The van der Waals surface area contributed by atoms with Crippen LogP contribution in [0.15, 0.2) is 42.5 Å². The number of nitrogens with zero attached hydrogens (tertiary/aromatic N) is 1. The van der Waals surface area contributed by atoms with Crippen molar-refractivity contribution in [2.75, 3.05) is 13.2 Å². The maximum atomic E-state index is 11.5. The molecule has 0 spiro atoms. The quantitative estimate of drug-likeness (QED) is 0.761. The standard InChI is InChI=1S/C14H15NO3/c16-14-15-12(6-7-13(15)10-18-14)9-17-8-11-4-2-1-3-5-11/h1-7,12-13H,8-10H2.